The number of halogens is 2. The zero-order chi connectivity index (χ0) is 24.9. The van der Waals surface area contributed by atoms with E-state index in [2.05, 4.69) is 11.9 Å². The Morgan fingerprint density at radius 1 is 1.03 bits per heavy atom. The minimum absolute atomic E-state index is 0.0448. The molecule has 0 radical (unpaired) electrons. The lowest BCUT2D eigenvalue weighted by Gasteiger charge is -2.24. The number of para-hydroxylation sites is 1. The highest BCUT2D eigenvalue weighted by Gasteiger charge is 2.29. The molecule has 7 nitrogen and oxygen atoms in total. The van der Waals surface area contributed by atoms with Gasteiger partial charge in [-0.3, -0.25) is 9.10 Å². The van der Waals surface area contributed by atoms with Gasteiger partial charge in [-0.15, -0.1) is 6.58 Å². The Bertz CT molecular complexity index is 1330. The molecule has 178 valence electrons. The molecule has 10 heteroatoms. The van der Waals surface area contributed by atoms with E-state index in [4.69, 9.17) is 32.7 Å². The van der Waals surface area contributed by atoms with Crippen LogP contribution in [0, 0.1) is 0 Å². The van der Waals surface area contributed by atoms with Gasteiger partial charge >= 0.3 is 0 Å². The molecule has 3 aromatic carbocycles. The highest BCUT2D eigenvalue weighted by molar-refractivity contribution is 7.93. The standard InChI is InChI=1S/C24H22Cl2N2O5S/c1-4-13-28(21-8-6-5-7-18(21)25)34(30,31)23-14-16(9-11-19(23)26)24(29)27-20-15-17(32-2)10-12-22(20)33-3/h4-12,14-15H,1,13H2,2-3H3,(H,27,29). The van der Waals surface area contributed by atoms with Crippen LogP contribution in [0.1, 0.15) is 10.4 Å². The fourth-order valence-corrected chi connectivity index (χ4v) is 5.41. The molecule has 3 rings (SSSR count). The van der Waals surface area contributed by atoms with E-state index in [9.17, 15) is 13.2 Å². The summed E-state index contributed by atoms with van der Waals surface area (Å²) in [7, 11) is -1.24. The van der Waals surface area contributed by atoms with Crippen molar-refractivity contribution in [3.63, 3.8) is 0 Å². The lowest BCUT2D eigenvalue weighted by molar-refractivity contribution is 0.102. The monoisotopic (exact) mass is 520 g/mol. The van der Waals surface area contributed by atoms with Gasteiger partial charge in [0.05, 0.1) is 42.2 Å². The second-order valence-electron chi connectivity index (χ2n) is 6.94. The molecule has 0 atom stereocenters. The molecule has 0 saturated carbocycles. The van der Waals surface area contributed by atoms with Crippen molar-refractivity contribution >= 4 is 50.5 Å². The number of nitrogens with one attached hydrogen (secondary N) is 1. The predicted octanol–water partition coefficient (Wildman–Crippen LogP) is 5.64. The summed E-state index contributed by atoms with van der Waals surface area (Å²) in [5.74, 6) is 0.356. The van der Waals surface area contributed by atoms with E-state index in [1.165, 1.54) is 38.5 Å². The summed E-state index contributed by atoms with van der Waals surface area (Å²) < 4.78 is 38.7. The fourth-order valence-electron chi connectivity index (χ4n) is 3.16. The Morgan fingerprint density at radius 3 is 2.41 bits per heavy atom. The quantitative estimate of drug-likeness (QED) is 0.368. The normalized spacial score (nSPS) is 10.9. The molecule has 0 heterocycles. The first-order valence-corrected chi connectivity index (χ1v) is 12.1. The summed E-state index contributed by atoms with van der Waals surface area (Å²) >= 11 is 12.5. The minimum Gasteiger partial charge on any atom is -0.497 e. The Kier molecular flexibility index (Phi) is 8.09. The van der Waals surface area contributed by atoms with E-state index < -0.39 is 15.9 Å². The van der Waals surface area contributed by atoms with Crippen LogP contribution in [-0.2, 0) is 10.0 Å². The Labute approximate surface area is 208 Å². The average Bonchev–Trinajstić information content (AvgIpc) is 2.83. The fraction of sp³-hybridized carbons (Fsp3) is 0.125. The van der Waals surface area contributed by atoms with Crippen LogP contribution in [0.3, 0.4) is 0 Å². The summed E-state index contributed by atoms with van der Waals surface area (Å²) in [5, 5.41) is 2.91. The van der Waals surface area contributed by atoms with Crippen LogP contribution in [0.25, 0.3) is 0 Å². The molecule has 0 aliphatic heterocycles. The number of benzene rings is 3. The van der Waals surface area contributed by atoms with Gasteiger partial charge in [0.15, 0.2) is 0 Å². The van der Waals surface area contributed by atoms with Gasteiger partial charge in [-0.1, -0.05) is 41.4 Å². The molecule has 0 spiro atoms. The zero-order valence-electron chi connectivity index (χ0n) is 18.4. The van der Waals surface area contributed by atoms with E-state index in [0.717, 1.165) is 4.31 Å². The van der Waals surface area contributed by atoms with Gasteiger partial charge in [0, 0.05) is 11.6 Å². The summed E-state index contributed by atoms with van der Waals surface area (Å²) in [4.78, 5) is 12.7. The second kappa shape index (κ2) is 10.8. The van der Waals surface area contributed by atoms with Crippen molar-refractivity contribution in [1.82, 2.24) is 0 Å². The zero-order valence-corrected chi connectivity index (χ0v) is 20.7. The smallest absolute Gasteiger partial charge is 0.266 e. The molecule has 0 aromatic heterocycles. The van der Waals surface area contributed by atoms with Crippen molar-refractivity contribution in [2.75, 3.05) is 30.4 Å². The molecule has 0 bridgehead atoms. The van der Waals surface area contributed by atoms with Crippen molar-refractivity contribution in [1.29, 1.82) is 0 Å². The third-order valence-corrected chi connectivity index (χ3v) is 7.41. The second-order valence-corrected chi connectivity index (χ2v) is 9.59. The Hall–Kier alpha value is -3.20. The van der Waals surface area contributed by atoms with E-state index >= 15 is 0 Å². The molecule has 0 fully saturated rings. The Balaban J connectivity index is 2.02. The van der Waals surface area contributed by atoms with Gasteiger partial charge in [-0.2, -0.15) is 0 Å². The molecule has 0 saturated heterocycles. The molecule has 34 heavy (non-hydrogen) atoms. The van der Waals surface area contributed by atoms with Gasteiger partial charge in [0.1, 0.15) is 16.4 Å². The van der Waals surface area contributed by atoms with Crippen molar-refractivity contribution in [2.45, 2.75) is 4.90 Å². The van der Waals surface area contributed by atoms with Crippen molar-refractivity contribution in [3.8, 4) is 11.5 Å². The molecular weight excluding hydrogens is 499 g/mol. The number of hydrogen-bond acceptors (Lipinski definition) is 5. The number of ether oxygens (including phenoxy) is 2. The molecule has 0 unspecified atom stereocenters. The van der Waals surface area contributed by atoms with Crippen molar-refractivity contribution < 1.29 is 22.7 Å². The number of hydrogen-bond donors (Lipinski definition) is 1. The summed E-state index contributed by atoms with van der Waals surface area (Å²) in [5.41, 5.74) is 0.692. The topological polar surface area (TPSA) is 84.9 Å². The van der Waals surface area contributed by atoms with Crippen LogP contribution in [0.5, 0.6) is 11.5 Å². The van der Waals surface area contributed by atoms with Gasteiger partial charge in [0.25, 0.3) is 15.9 Å². The van der Waals surface area contributed by atoms with Crippen LogP contribution in [0.4, 0.5) is 11.4 Å². The number of amides is 1. The van der Waals surface area contributed by atoms with Gasteiger partial charge in [-0.05, 0) is 42.5 Å². The SMILES string of the molecule is C=CCN(c1ccccc1Cl)S(=O)(=O)c1cc(C(=O)Nc2cc(OC)ccc2OC)ccc1Cl. The van der Waals surface area contributed by atoms with Gasteiger partial charge in [-0.25, -0.2) is 8.42 Å². The number of methoxy groups -OCH3 is 2. The van der Waals surface area contributed by atoms with Crippen LogP contribution < -0.4 is 19.1 Å². The van der Waals surface area contributed by atoms with Crippen molar-refractivity contribution in [3.05, 3.63) is 88.9 Å². The number of nitrogens with zero attached hydrogens (tertiary/aromatic N) is 1. The minimum atomic E-state index is -4.20. The molecular formula is C24H22Cl2N2O5S. The lowest BCUT2D eigenvalue weighted by Crippen LogP contribution is -2.32. The maximum Gasteiger partial charge on any atom is 0.266 e. The molecule has 1 N–H and O–H groups in total. The maximum absolute atomic E-state index is 13.6. The summed E-state index contributed by atoms with van der Waals surface area (Å²) in [6, 6.07) is 15.4. The van der Waals surface area contributed by atoms with Gasteiger partial charge in [0.2, 0.25) is 0 Å². The van der Waals surface area contributed by atoms with Crippen LogP contribution >= 0.6 is 23.2 Å². The molecule has 1 amide bonds. The van der Waals surface area contributed by atoms with E-state index in [1.807, 2.05) is 0 Å². The van der Waals surface area contributed by atoms with E-state index in [-0.39, 0.29) is 32.7 Å². The average molecular weight is 521 g/mol. The number of sulfonamides is 1. The Morgan fingerprint density at radius 2 is 1.76 bits per heavy atom. The molecule has 0 aliphatic rings. The first-order valence-electron chi connectivity index (χ1n) is 9.94. The predicted molar refractivity (Wildman–Crippen MR) is 135 cm³/mol. The highest BCUT2D eigenvalue weighted by Crippen LogP contribution is 2.34. The first-order chi connectivity index (χ1) is 16.2. The molecule has 3 aromatic rings. The third-order valence-electron chi connectivity index (χ3n) is 4.83. The summed E-state index contributed by atoms with van der Waals surface area (Å²) in [6.45, 7) is 3.58. The van der Waals surface area contributed by atoms with E-state index in [0.29, 0.717) is 17.2 Å². The highest BCUT2D eigenvalue weighted by atomic mass is 35.5. The van der Waals surface area contributed by atoms with Crippen LogP contribution in [0.15, 0.2) is 78.2 Å². The van der Waals surface area contributed by atoms with E-state index in [1.54, 1.807) is 42.5 Å². The first kappa shape index (κ1) is 25.4. The largest absolute Gasteiger partial charge is 0.497 e. The maximum atomic E-state index is 13.6. The summed E-state index contributed by atoms with van der Waals surface area (Å²) in [6.07, 6.45) is 1.43. The molecule has 0 aliphatic carbocycles. The van der Waals surface area contributed by atoms with Crippen LogP contribution in [0.2, 0.25) is 10.0 Å². The number of carbonyl (C=O) groups excluding carboxylic acids is 1. The third kappa shape index (κ3) is 5.30. The number of rotatable bonds is 9. The van der Waals surface area contributed by atoms with Gasteiger partial charge < -0.3 is 14.8 Å². The van der Waals surface area contributed by atoms with Crippen molar-refractivity contribution in [2.24, 2.45) is 0 Å². The number of carbonyl (C=O) groups is 1. The number of anilines is 2. The lowest BCUT2D eigenvalue weighted by atomic mass is 10.2. The van der Waals surface area contributed by atoms with Crippen LogP contribution in [-0.4, -0.2) is 35.1 Å².